The number of carbonyl (C=O) groups is 1. The van der Waals surface area contributed by atoms with E-state index < -0.39 is 5.60 Å². The van der Waals surface area contributed by atoms with Gasteiger partial charge in [-0.2, -0.15) is 0 Å². The van der Waals surface area contributed by atoms with Crippen LogP contribution in [0.3, 0.4) is 0 Å². The number of piperidine rings is 1. The molecule has 4 nitrogen and oxygen atoms in total. The number of rotatable bonds is 3. The van der Waals surface area contributed by atoms with Crippen molar-refractivity contribution < 1.29 is 9.53 Å². The number of likely N-dealkylation sites (tertiary alicyclic amines) is 1. The highest BCUT2D eigenvalue weighted by Crippen LogP contribution is 2.45. The molecule has 4 heteroatoms. The van der Waals surface area contributed by atoms with Crippen LogP contribution in [0.5, 0.6) is 0 Å². The van der Waals surface area contributed by atoms with Gasteiger partial charge in [0.15, 0.2) is 0 Å². The number of fused-ring (bicyclic) bond motifs is 1. The van der Waals surface area contributed by atoms with Gasteiger partial charge >= 0.3 is 6.09 Å². The molecule has 21 heavy (non-hydrogen) atoms. The summed E-state index contributed by atoms with van der Waals surface area (Å²) in [6.45, 7) is 8.82. The molecule has 1 aromatic carbocycles. The van der Waals surface area contributed by atoms with E-state index in [0.717, 1.165) is 19.6 Å². The number of nitrogens with zero attached hydrogens (tertiary/aromatic N) is 1. The summed E-state index contributed by atoms with van der Waals surface area (Å²) in [6, 6.07) is 10.9. The van der Waals surface area contributed by atoms with E-state index in [0.29, 0.717) is 17.9 Å². The summed E-state index contributed by atoms with van der Waals surface area (Å²) in [5, 5.41) is 3.01. The van der Waals surface area contributed by atoms with Crippen LogP contribution in [0.4, 0.5) is 4.79 Å². The second kappa shape index (κ2) is 5.34. The number of alkyl carbamates (subject to hydrolysis) is 1. The van der Waals surface area contributed by atoms with Crippen molar-refractivity contribution in [3.05, 3.63) is 35.9 Å². The van der Waals surface area contributed by atoms with Crippen molar-refractivity contribution in [2.45, 2.75) is 39.0 Å². The first-order valence-electron chi connectivity index (χ1n) is 7.68. The van der Waals surface area contributed by atoms with Crippen LogP contribution in [0.25, 0.3) is 0 Å². The topological polar surface area (TPSA) is 41.6 Å². The van der Waals surface area contributed by atoms with Crippen molar-refractivity contribution >= 4 is 6.09 Å². The lowest BCUT2D eigenvalue weighted by Crippen LogP contribution is -2.38. The molecule has 0 radical (unpaired) electrons. The quantitative estimate of drug-likeness (QED) is 0.929. The summed E-state index contributed by atoms with van der Waals surface area (Å²) in [6.07, 6.45) is -0.281. The summed E-state index contributed by atoms with van der Waals surface area (Å²) >= 11 is 0. The number of hydrogen-bond donors (Lipinski definition) is 1. The Morgan fingerprint density at radius 2 is 1.86 bits per heavy atom. The maximum Gasteiger partial charge on any atom is 0.407 e. The lowest BCUT2D eigenvalue weighted by molar-refractivity contribution is 0.0513. The van der Waals surface area contributed by atoms with E-state index in [9.17, 15) is 4.79 Å². The lowest BCUT2D eigenvalue weighted by Gasteiger charge is -2.22. The first kappa shape index (κ1) is 14.4. The molecule has 2 atom stereocenters. The molecule has 1 saturated carbocycles. The van der Waals surface area contributed by atoms with Crippen LogP contribution >= 0.6 is 0 Å². The highest BCUT2D eigenvalue weighted by molar-refractivity contribution is 5.68. The van der Waals surface area contributed by atoms with Gasteiger partial charge in [0, 0.05) is 25.7 Å². The normalized spacial score (nSPS) is 28.0. The molecule has 3 rings (SSSR count). The van der Waals surface area contributed by atoms with Crippen molar-refractivity contribution in [2.24, 2.45) is 11.8 Å². The van der Waals surface area contributed by atoms with Gasteiger partial charge in [-0.15, -0.1) is 0 Å². The highest BCUT2D eigenvalue weighted by atomic mass is 16.6. The number of ether oxygens (including phenoxy) is 1. The van der Waals surface area contributed by atoms with Crippen LogP contribution < -0.4 is 5.32 Å². The van der Waals surface area contributed by atoms with Crippen LogP contribution in [0.15, 0.2) is 30.3 Å². The molecule has 1 aliphatic heterocycles. The van der Waals surface area contributed by atoms with Crippen molar-refractivity contribution in [3.63, 3.8) is 0 Å². The SMILES string of the molecule is CC(C)(C)OC(=O)NC1[C@H]2CN(Cc3ccccc3)C[C@H]12. The average molecular weight is 288 g/mol. The van der Waals surface area contributed by atoms with Crippen LogP contribution in [0.1, 0.15) is 26.3 Å². The number of carbonyl (C=O) groups excluding carboxylic acids is 1. The van der Waals surface area contributed by atoms with Crippen molar-refractivity contribution in [1.82, 2.24) is 10.2 Å². The molecule has 1 amide bonds. The van der Waals surface area contributed by atoms with Gasteiger partial charge in [-0.25, -0.2) is 4.79 Å². The van der Waals surface area contributed by atoms with E-state index in [1.54, 1.807) is 0 Å². The van der Waals surface area contributed by atoms with Crippen LogP contribution in [-0.2, 0) is 11.3 Å². The van der Waals surface area contributed by atoms with Gasteiger partial charge in [-0.3, -0.25) is 4.90 Å². The molecule has 1 aromatic rings. The third-order valence-electron chi connectivity index (χ3n) is 4.20. The number of benzene rings is 1. The molecule has 1 aliphatic carbocycles. The summed E-state index contributed by atoms with van der Waals surface area (Å²) in [5.41, 5.74) is 0.934. The van der Waals surface area contributed by atoms with Gasteiger partial charge in [-0.1, -0.05) is 30.3 Å². The van der Waals surface area contributed by atoms with E-state index >= 15 is 0 Å². The number of hydrogen-bond acceptors (Lipinski definition) is 3. The number of nitrogens with one attached hydrogen (secondary N) is 1. The fraction of sp³-hybridized carbons (Fsp3) is 0.588. The molecular formula is C17H24N2O2. The minimum Gasteiger partial charge on any atom is -0.444 e. The Balaban J connectivity index is 1.43. The van der Waals surface area contributed by atoms with Crippen molar-refractivity contribution in [2.75, 3.05) is 13.1 Å². The van der Waals surface area contributed by atoms with Gasteiger partial charge in [0.25, 0.3) is 0 Å². The van der Waals surface area contributed by atoms with Gasteiger partial charge in [0.2, 0.25) is 0 Å². The van der Waals surface area contributed by atoms with Gasteiger partial charge in [0.1, 0.15) is 5.60 Å². The molecule has 114 valence electrons. The van der Waals surface area contributed by atoms with Crippen molar-refractivity contribution in [3.8, 4) is 0 Å². The smallest absolute Gasteiger partial charge is 0.407 e. The summed E-state index contributed by atoms with van der Waals surface area (Å²) in [4.78, 5) is 14.2. The third-order valence-corrected chi connectivity index (χ3v) is 4.20. The molecule has 1 saturated heterocycles. The Hall–Kier alpha value is -1.55. The van der Waals surface area contributed by atoms with E-state index in [2.05, 4.69) is 34.5 Å². The monoisotopic (exact) mass is 288 g/mol. The van der Waals surface area contributed by atoms with E-state index in [4.69, 9.17) is 4.74 Å². The standard InChI is InChI=1S/C17H24N2O2/c1-17(2,3)21-16(20)18-15-13-10-19(11-14(13)15)9-12-7-5-4-6-8-12/h4-8,13-15H,9-11H2,1-3H3,(H,18,20)/t13-,14-/m0/s1. The third kappa shape index (κ3) is 3.56. The highest BCUT2D eigenvalue weighted by Gasteiger charge is 2.56. The first-order chi connectivity index (χ1) is 9.92. The molecule has 0 unspecified atom stereocenters. The van der Waals surface area contributed by atoms with E-state index in [-0.39, 0.29) is 6.09 Å². The molecule has 1 N–H and O–H groups in total. The zero-order valence-electron chi connectivity index (χ0n) is 13.0. The predicted octanol–water partition coefficient (Wildman–Crippen LogP) is 2.64. The minimum atomic E-state index is -0.423. The van der Waals surface area contributed by atoms with Crippen LogP contribution in [0.2, 0.25) is 0 Å². The number of amides is 1. The Morgan fingerprint density at radius 3 is 2.43 bits per heavy atom. The van der Waals surface area contributed by atoms with E-state index in [1.165, 1.54) is 5.56 Å². The fourth-order valence-electron chi connectivity index (χ4n) is 3.24. The Labute approximate surface area is 126 Å². The second-order valence-corrected chi connectivity index (χ2v) is 7.18. The van der Waals surface area contributed by atoms with Gasteiger partial charge in [0.05, 0.1) is 0 Å². The zero-order valence-corrected chi connectivity index (χ0v) is 13.0. The maximum absolute atomic E-state index is 11.8. The summed E-state index contributed by atoms with van der Waals surface area (Å²) in [7, 11) is 0. The van der Waals surface area contributed by atoms with Crippen LogP contribution in [-0.4, -0.2) is 35.7 Å². The van der Waals surface area contributed by atoms with Crippen molar-refractivity contribution in [1.29, 1.82) is 0 Å². The fourth-order valence-corrected chi connectivity index (χ4v) is 3.24. The Morgan fingerprint density at radius 1 is 1.24 bits per heavy atom. The van der Waals surface area contributed by atoms with Gasteiger partial charge in [-0.05, 0) is 38.2 Å². The lowest BCUT2D eigenvalue weighted by atomic mass is 10.2. The molecular weight excluding hydrogens is 264 g/mol. The maximum atomic E-state index is 11.8. The Kier molecular flexibility index (Phi) is 3.66. The first-order valence-corrected chi connectivity index (χ1v) is 7.68. The van der Waals surface area contributed by atoms with E-state index in [1.807, 2.05) is 26.8 Å². The predicted molar refractivity (Wildman–Crippen MR) is 81.9 cm³/mol. The minimum absolute atomic E-state index is 0.281. The molecule has 2 aliphatic rings. The summed E-state index contributed by atoms with van der Waals surface area (Å²) < 4.78 is 5.31. The van der Waals surface area contributed by atoms with Crippen LogP contribution in [0, 0.1) is 11.8 Å². The molecule has 0 aromatic heterocycles. The molecule has 0 spiro atoms. The van der Waals surface area contributed by atoms with Gasteiger partial charge < -0.3 is 10.1 Å². The molecule has 0 bridgehead atoms. The summed E-state index contributed by atoms with van der Waals surface area (Å²) in [5.74, 6) is 1.20. The molecule has 2 fully saturated rings. The zero-order chi connectivity index (χ0) is 15.0. The Bertz CT molecular complexity index is 497. The largest absolute Gasteiger partial charge is 0.444 e. The molecule has 1 heterocycles. The second-order valence-electron chi connectivity index (χ2n) is 7.18. The average Bonchev–Trinajstić information content (AvgIpc) is 2.83.